The van der Waals surface area contributed by atoms with Crippen LogP contribution >= 0.6 is 0 Å². The monoisotopic (exact) mass is 381 g/mol. The van der Waals surface area contributed by atoms with E-state index in [4.69, 9.17) is 0 Å². The Hall–Kier alpha value is -1.43. The number of carbonyl (C=O) groups is 1. The number of hydrogen-bond acceptors (Lipinski definition) is 3. The van der Waals surface area contributed by atoms with Gasteiger partial charge in [-0.25, -0.2) is 12.8 Å². The quantitative estimate of drug-likeness (QED) is 0.784. The number of hydrogen-bond donors (Lipinski definition) is 0. The molecule has 1 aromatic rings. The van der Waals surface area contributed by atoms with E-state index in [9.17, 15) is 17.6 Å². The zero-order valence-electron chi connectivity index (χ0n) is 15.4. The molecule has 0 N–H and O–H groups in total. The second kappa shape index (κ2) is 8.07. The van der Waals surface area contributed by atoms with Crippen LogP contribution in [0.1, 0.15) is 56.4 Å². The van der Waals surface area contributed by atoms with Crippen molar-refractivity contribution in [3.63, 3.8) is 0 Å². The average Bonchev–Trinajstić information content (AvgIpc) is 3.00. The average molecular weight is 382 g/mol. The van der Waals surface area contributed by atoms with Crippen molar-refractivity contribution in [3.05, 3.63) is 35.6 Å². The third-order valence-corrected chi connectivity index (χ3v) is 7.81. The first kappa shape index (κ1) is 19.3. The second-order valence-corrected chi connectivity index (χ2v) is 10.1. The smallest absolute Gasteiger partial charge is 0.223 e. The fraction of sp³-hybridized carbons (Fsp3) is 0.650. The molecule has 0 radical (unpaired) electrons. The zero-order valence-corrected chi connectivity index (χ0v) is 16.2. The molecule has 2 aliphatic rings. The number of sulfone groups is 1. The van der Waals surface area contributed by atoms with Gasteiger partial charge in [0.05, 0.1) is 11.5 Å². The summed E-state index contributed by atoms with van der Waals surface area (Å²) in [7, 11) is -1.30. The molecule has 6 heteroatoms. The van der Waals surface area contributed by atoms with Gasteiger partial charge in [-0.3, -0.25) is 4.79 Å². The molecule has 0 bridgehead atoms. The molecule has 1 saturated carbocycles. The molecule has 1 heterocycles. The summed E-state index contributed by atoms with van der Waals surface area (Å²) in [5.74, 6) is 0.463. The lowest BCUT2D eigenvalue weighted by Gasteiger charge is -2.32. The first-order valence-corrected chi connectivity index (χ1v) is 11.4. The second-order valence-electron chi connectivity index (χ2n) is 7.82. The minimum Gasteiger partial charge on any atom is -0.342 e. The van der Waals surface area contributed by atoms with Crippen molar-refractivity contribution in [2.75, 3.05) is 18.6 Å². The van der Waals surface area contributed by atoms with Crippen molar-refractivity contribution >= 4 is 15.7 Å². The highest BCUT2D eigenvalue weighted by Crippen LogP contribution is 2.38. The molecule has 2 atom stereocenters. The number of nitrogens with zero attached hydrogens (tertiary/aromatic N) is 1. The normalized spacial score (nSPS) is 24.3. The lowest BCUT2D eigenvalue weighted by molar-refractivity contribution is -0.132. The van der Waals surface area contributed by atoms with Crippen molar-refractivity contribution < 1.29 is 17.6 Å². The molecule has 4 nitrogen and oxygen atoms in total. The summed E-state index contributed by atoms with van der Waals surface area (Å²) in [6.07, 6.45) is 6.66. The lowest BCUT2D eigenvalue weighted by Crippen LogP contribution is -2.39. The van der Waals surface area contributed by atoms with E-state index in [2.05, 4.69) is 0 Å². The Morgan fingerprint density at radius 2 is 1.81 bits per heavy atom. The van der Waals surface area contributed by atoms with E-state index >= 15 is 0 Å². The van der Waals surface area contributed by atoms with Crippen LogP contribution in [0.15, 0.2) is 24.3 Å². The molecule has 1 aromatic carbocycles. The number of carbonyl (C=O) groups excluding carboxylic acids is 1. The van der Waals surface area contributed by atoms with Crippen LogP contribution < -0.4 is 0 Å². The maximum absolute atomic E-state index is 13.3. The summed E-state index contributed by atoms with van der Waals surface area (Å²) < 4.78 is 36.8. The Morgan fingerprint density at radius 1 is 1.15 bits per heavy atom. The Balaban J connectivity index is 1.74. The molecule has 0 aromatic heterocycles. The summed E-state index contributed by atoms with van der Waals surface area (Å²) in [6, 6.07) is 6.29. The van der Waals surface area contributed by atoms with Gasteiger partial charge in [-0.2, -0.15) is 0 Å². The van der Waals surface area contributed by atoms with E-state index in [-0.39, 0.29) is 35.2 Å². The van der Waals surface area contributed by atoms with E-state index < -0.39 is 9.84 Å². The van der Waals surface area contributed by atoms with Crippen LogP contribution in [0.2, 0.25) is 0 Å². The molecule has 1 aliphatic carbocycles. The van der Waals surface area contributed by atoms with Crippen LogP contribution in [0, 0.1) is 11.7 Å². The third kappa shape index (κ3) is 4.64. The van der Waals surface area contributed by atoms with Crippen molar-refractivity contribution in [1.29, 1.82) is 0 Å². The van der Waals surface area contributed by atoms with Gasteiger partial charge in [-0.15, -0.1) is 0 Å². The predicted octanol–water partition coefficient (Wildman–Crippen LogP) is 3.53. The minimum atomic E-state index is -3.02. The van der Waals surface area contributed by atoms with Gasteiger partial charge in [-0.1, -0.05) is 31.4 Å². The molecular weight excluding hydrogens is 353 g/mol. The summed E-state index contributed by atoms with van der Waals surface area (Å²) >= 11 is 0. The first-order valence-electron chi connectivity index (χ1n) is 9.57. The van der Waals surface area contributed by atoms with Crippen LogP contribution in [0.25, 0.3) is 0 Å². The van der Waals surface area contributed by atoms with Gasteiger partial charge >= 0.3 is 0 Å². The molecule has 1 amide bonds. The van der Waals surface area contributed by atoms with Gasteiger partial charge in [0.15, 0.2) is 9.84 Å². The van der Waals surface area contributed by atoms with Crippen LogP contribution in [0.4, 0.5) is 4.39 Å². The summed E-state index contributed by atoms with van der Waals surface area (Å²) in [5, 5.41) is 0. The highest BCUT2D eigenvalue weighted by atomic mass is 32.2. The van der Waals surface area contributed by atoms with Crippen molar-refractivity contribution in [2.45, 2.75) is 56.9 Å². The van der Waals surface area contributed by atoms with Gasteiger partial charge in [0.1, 0.15) is 5.82 Å². The van der Waals surface area contributed by atoms with Gasteiger partial charge in [0, 0.05) is 19.5 Å². The minimum absolute atomic E-state index is 0.00741. The highest BCUT2D eigenvalue weighted by Gasteiger charge is 2.34. The molecular formula is C20H28FNO3S. The topological polar surface area (TPSA) is 54.5 Å². The first-order chi connectivity index (χ1) is 12.4. The van der Waals surface area contributed by atoms with Gasteiger partial charge in [0.2, 0.25) is 5.91 Å². The third-order valence-electron chi connectivity index (χ3n) is 6.06. The Bertz CT molecular complexity index is 726. The van der Waals surface area contributed by atoms with Gasteiger partial charge < -0.3 is 4.90 Å². The van der Waals surface area contributed by atoms with Gasteiger partial charge in [-0.05, 0) is 48.8 Å². The Labute approximate surface area is 155 Å². The molecule has 3 rings (SSSR count). The molecule has 26 heavy (non-hydrogen) atoms. The number of halogens is 1. The fourth-order valence-electron chi connectivity index (χ4n) is 4.42. The van der Waals surface area contributed by atoms with Crippen molar-refractivity contribution in [2.24, 2.45) is 5.92 Å². The van der Waals surface area contributed by atoms with E-state index in [0.717, 1.165) is 18.4 Å². The highest BCUT2D eigenvalue weighted by molar-refractivity contribution is 7.91. The molecule has 1 aliphatic heterocycles. The molecule has 1 saturated heterocycles. The van der Waals surface area contributed by atoms with E-state index in [0.29, 0.717) is 18.8 Å². The fourth-order valence-corrected chi connectivity index (χ4v) is 6.19. The number of rotatable bonds is 5. The maximum Gasteiger partial charge on any atom is 0.223 e. The van der Waals surface area contributed by atoms with E-state index in [1.165, 1.54) is 31.4 Å². The maximum atomic E-state index is 13.3. The lowest BCUT2D eigenvalue weighted by atomic mass is 9.75. The van der Waals surface area contributed by atoms with Crippen LogP contribution in [0.3, 0.4) is 0 Å². The standard InChI is InChI=1S/C20H28FNO3S/c1-22(18-11-12-26(24,25)14-18)20(23)13-19(15-5-3-2-4-6-15)16-7-9-17(21)10-8-16/h7-10,15,18-19H,2-6,11-14H2,1H3. The predicted molar refractivity (Wildman–Crippen MR) is 100 cm³/mol. The molecule has 2 unspecified atom stereocenters. The van der Waals surface area contributed by atoms with Crippen molar-refractivity contribution in [3.8, 4) is 0 Å². The zero-order chi connectivity index (χ0) is 18.7. The molecule has 144 valence electrons. The van der Waals surface area contributed by atoms with Crippen molar-refractivity contribution in [1.82, 2.24) is 4.90 Å². The number of benzene rings is 1. The molecule has 0 spiro atoms. The summed E-state index contributed by atoms with van der Waals surface area (Å²) in [4.78, 5) is 14.5. The summed E-state index contributed by atoms with van der Waals surface area (Å²) in [5.41, 5.74) is 1.01. The number of amides is 1. The van der Waals surface area contributed by atoms with Crippen LogP contribution in [-0.2, 0) is 14.6 Å². The van der Waals surface area contributed by atoms with Crippen LogP contribution in [-0.4, -0.2) is 43.8 Å². The largest absolute Gasteiger partial charge is 0.342 e. The van der Waals surface area contributed by atoms with Crippen LogP contribution in [0.5, 0.6) is 0 Å². The Kier molecular flexibility index (Phi) is 6.00. The van der Waals surface area contributed by atoms with E-state index in [1.54, 1.807) is 24.1 Å². The SMILES string of the molecule is CN(C(=O)CC(c1ccc(F)cc1)C1CCCCC1)C1CCS(=O)(=O)C1. The molecule has 2 fully saturated rings. The Morgan fingerprint density at radius 3 is 2.38 bits per heavy atom. The summed E-state index contributed by atoms with van der Waals surface area (Å²) in [6.45, 7) is 0. The van der Waals surface area contributed by atoms with Gasteiger partial charge in [0.25, 0.3) is 0 Å². The van der Waals surface area contributed by atoms with E-state index in [1.807, 2.05) is 0 Å².